The molecule has 0 saturated carbocycles. The van der Waals surface area contributed by atoms with Crippen LogP contribution < -0.4 is 4.72 Å². The maximum absolute atomic E-state index is 12.1. The number of amides is 2. The summed E-state index contributed by atoms with van der Waals surface area (Å²) in [5.41, 5.74) is -0.601. The van der Waals surface area contributed by atoms with Gasteiger partial charge in [0.15, 0.2) is 4.90 Å². The SMILES string of the molecule is CC1CC=NN1C(=O)NS(=O)(=O)c1ccccc1[N+](=O)[O-]. The highest BCUT2D eigenvalue weighted by Crippen LogP contribution is 2.23. The molecule has 1 atom stereocenters. The lowest BCUT2D eigenvalue weighted by atomic mass is 10.3. The summed E-state index contributed by atoms with van der Waals surface area (Å²) in [5.74, 6) is 0. The van der Waals surface area contributed by atoms with Crippen LogP contribution in [-0.2, 0) is 10.0 Å². The monoisotopic (exact) mass is 312 g/mol. The fourth-order valence-corrected chi connectivity index (χ4v) is 2.91. The van der Waals surface area contributed by atoms with Gasteiger partial charge in [-0.05, 0) is 13.0 Å². The summed E-state index contributed by atoms with van der Waals surface area (Å²) < 4.78 is 26.0. The lowest BCUT2D eigenvalue weighted by Crippen LogP contribution is -2.42. The van der Waals surface area contributed by atoms with Gasteiger partial charge in [0.2, 0.25) is 0 Å². The number of nitrogens with one attached hydrogen (secondary N) is 1. The van der Waals surface area contributed by atoms with Crippen LogP contribution in [-0.4, -0.2) is 36.6 Å². The summed E-state index contributed by atoms with van der Waals surface area (Å²) in [6.07, 6.45) is 2.00. The lowest BCUT2D eigenvalue weighted by molar-refractivity contribution is -0.387. The molecular weight excluding hydrogens is 300 g/mol. The van der Waals surface area contributed by atoms with Crippen LogP contribution in [0.3, 0.4) is 0 Å². The third kappa shape index (κ3) is 2.99. The van der Waals surface area contributed by atoms with Crippen LogP contribution in [0, 0.1) is 10.1 Å². The standard InChI is InChI=1S/C11H12N4O5S/c1-8-6-7-12-14(8)11(16)13-21(19,20)10-5-3-2-4-9(10)15(17)18/h2-5,7-8H,6H2,1H3,(H,13,16). The highest BCUT2D eigenvalue weighted by atomic mass is 32.2. The molecule has 10 heteroatoms. The van der Waals surface area contributed by atoms with Gasteiger partial charge in [0, 0.05) is 18.7 Å². The van der Waals surface area contributed by atoms with Crippen molar-refractivity contribution in [2.45, 2.75) is 24.3 Å². The van der Waals surface area contributed by atoms with Crippen LogP contribution in [0.4, 0.5) is 10.5 Å². The molecule has 112 valence electrons. The minimum absolute atomic E-state index is 0.272. The van der Waals surface area contributed by atoms with Crippen LogP contribution in [0.2, 0.25) is 0 Å². The second-order valence-electron chi connectivity index (χ2n) is 4.36. The maximum atomic E-state index is 12.1. The average Bonchev–Trinajstić information content (AvgIpc) is 2.84. The molecule has 0 aromatic heterocycles. The summed E-state index contributed by atoms with van der Waals surface area (Å²) in [6, 6.07) is 3.56. The number of carbonyl (C=O) groups is 1. The summed E-state index contributed by atoms with van der Waals surface area (Å²) >= 11 is 0. The molecule has 0 bridgehead atoms. The predicted octanol–water partition coefficient (Wildman–Crippen LogP) is 1.07. The largest absolute Gasteiger partial charge is 0.351 e. The van der Waals surface area contributed by atoms with E-state index < -0.39 is 31.6 Å². The number of urea groups is 1. The van der Waals surface area contributed by atoms with E-state index in [1.165, 1.54) is 18.3 Å². The molecule has 1 aromatic carbocycles. The fourth-order valence-electron chi connectivity index (χ4n) is 1.81. The van der Waals surface area contributed by atoms with Crippen molar-refractivity contribution in [2.75, 3.05) is 0 Å². The number of hydrazone groups is 1. The van der Waals surface area contributed by atoms with Gasteiger partial charge < -0.3 is 0 Å². The van der Waals surface area contributed by atoms with E-state index in [2.05, 4.69) is 5.10 Å². The Hall–Kier alpha value is -2.49. The van der Waals surface area contributed by atoms with E-state index in [1.54, 1.807) is 11.6 Å². The van der Waals surface area contributed by atoms with Gasteiger partial charge in [0.1, 0.15) is 0 Å². The molecule has 1 heterocycles. The first-order valence-electron chi connectivity index (χ1n) is 5.95. The van der Waals surface area contributed by atoms with E-state index in [0.717, 1.165) is 17.1 Å². The number of hydrogen-bond acceptors (Lipinski definition) is 6. The minimum Gasteiger partial charge on any atom is -0.258 e. The van der Waals surface area contributed by atoms with Crippen molar-refractivity contribution in [2.24, 2.45) is 5.10 Å². The Balaban J connectivity index is 2.29. The van der Waals surface area contributed by atoms with E-state index in [-0.39, 0.29) is 6.04 Å². The first-order chi connectivity index (χ1) is 9.83. The van der Waals surface area contributed by atoms with Gasteiger partial charge in [-0.1, -0.05) is 12.1 Å². The van der Waals surface area contributed by atoms with Crippen molar-refractivity contribution in [1.82, 2.24) is 9.73 Å². The predicted molar refractivity (Wildman–Crippen MR) is 73.2 cm³/mol. The van der Waals surface area contributed by atoms with Gasteiger partial charge in [-0.15, -0.1) is 0 Å². The number of rotatable bonds is 3. The number of hydrogen-bond donors (Lipinski definition) is 1. The topological polar surface area (TPSA) is 122 Å². The summed E-state index contributed by atoms with van der Waals surface area (Å²) in [4.78, 5) is 21.3. The van der Waals surface area contributed by atoms with Gasteiger partial charge >= 0.3 is 6.03 Å². The Morgan fingerprint density at radius 1 is 1.48 bits per heavy atom. The molecule has 0 aliphatic carbocycles. The molecule has 2 amide bonds. The van der Waals surface area contributed by atoms with Gasteiger partial charge in [-0.3, -0.25) is 10.1 Å². The van der Waals surface area contributed by atoms with Crippen molar-refractivity contribution in [3.05, 3.63) is 34.4 Å². The Kier molecular flexibility index (Phi) is 3.89. The Labute approximate surface area is 120 Å². The molecule has 9 nitrogen and oxygen atoms in total. The Morgan fingerprint density at radius 3 is 2.71 bits per heavy atom. The Bertz CT molecular complexity index is 715. The first-order valence-corrected chi connectivity index (χ1v) is 7.43. The van der Waals surface area contributed by atoms with Crippen molar-refractivity contribution >= 4 is 28.0 Å². The number of para-hydroxylation sites is 1. The van der Waals surface area contributed by atoms with Crippen molar-refractivity contribution < 1.29 is 18.1 Å². The van der Waals surface area contributed by atoms with Crippen LogP contribution in [0.1, 0.15) is 13.3 Å². The molecule has 1 aromatic rings. The Morgan fingerprint density at radius 2 is 2.14 bits per heavy atom. The van der Waals surface area contributed by atoms with E-state index in [4.69, 9.17) is 0 Å². The summed E-state index contributed by atoms with van der Waals surface area (Å²) in [5, 5.41) is 15.6. The van der Waals surface area contributed by atoms with E-state index in [9.17, 15) is 23.3 Å². The third-order valence-electron chi connectivity index (χ3n) is 2.85. The molecular formula is C11H12N4O5S. The van der Waals surface area contributed by atoms with Gasteiger partial charge in [0.25, 0.3) is 15.7 Å². The van der Waals surface area contributed by atoms with Gasteiger partial charge in [-0.25, -0.2) is 22.9 Å². The number of nitrogens with zero attached hydrogens (tertiary/aromatic N) is 3. The van der Waals surface area contributed by atoms with Gasteiger partial charge in [0.05, 0.1) is 11.0 Å². The zero-order valence-electron chi connectivity index (χ0n) is 11.0. The lowest BCUT2D eigenvalue weighted by Gasteiger charge is -2.18. The minimum atomic E-state index is -4.35. The average molecular weight is 312 g/mol. The molecule has 0 saturated heterocycles. The highest BCUT2D eigenvalue weighted by Gasteiger charge is 2.31. The smallest absolute Gasteiger partial charge is 0.258 e. The van der Waals surface area contributed by atoms with Gasteiger partial charge in [-0.2, -0.15) is 5.10 Å². The number of carbonyl (C=O) groups excluding carboxylic acids is 1. The van der Waals surface area contributed by atoms with E-state index in [0.29, 0.717) is 6.42 Å². The zero-order chi connectivity index (χ0) is 15.6. The summed E-state index contributed by atoms with van der Waals surface area (Å²) in [6.45, 7) is 1.70. The molecule has 1 unspecified atom stereocenters. The molecule has 21 heavy (non-hydrogen) atoms. The van der Waals surface area contributed by atoms with Crippen LogP contribution in [0.25, 0.3) is 0 Å². The fraction of sp³-hybridized carbons (Fsp3) is 0.273. The number of benzene rings is 1. The van der Waals surface area contributed by atoms with E-state index >= 15 is 0 Å². The molecule has 1 aliphatic rings. The quantitative estimate of drug-likeness (QED) is 0.660. The number of nitro groups is 1. The third-order valence-corrected chi connectivity index (χ3v) is 4.22. The number of nitro benzene ring substituents is 1. The molecule has 1 aliphatic heterocycles. The molecule has 1 N–H and O–H groups in total. The van der Waals surface area contributed by atoms with Crippen LogP contribution >= 0.6 is 0 Å². The molecule has 2 rings (SSSR count). The number of sulfonamides is 1. The highest BCUT2D eigenvalue weighted by molar-refractivity contribution is 7.90. The second-order valence-corrected chi connectivity index (χ2v) is 6.01. The van der Waals surface area contributed by atoms with Crippen LogP contribution in [0.15, 0.2) is 34.3 Å². The second kappa shape index (κ2) is 5.48. The maximum Gasteiger partial charge on any atom is 0.351 e. The summed E-state index contributed by atoms with van der Waals surface area (Å²) in [7, 11) is -4.35. The van der Waals surface area contributed by atoms with Crippen molar-refractivity contribution in [1.29, 1.82) is 0 Å². The van der Waals surface area contributed by atoms with Crippen LogP contribution in [0.5, 0.6) is 0 Å². The molecule has 0 radical (unpaired) electrons. The van der Waals surface area contributed by atoms with E-state index in [1.807, 2.05) is 0 Å². The molecule has 0 fully saturated rings. The first kappa shape index (κ1) is 14.9. The normalized spacial score (nSPS) is 17.8. The van der Waals surface area contributed by atoms with Crippen molar-refractivity contribution in [3.63, 3.8) is 0 Å². The zero-order valence-corrected chi connectivity index (χ0v) is 11.8. The van der Waals surface area contributed by atoms with Crippen molar-refractivity contribution in [3.8, 4) is 0 Å². The molecule has 0 spiro atoms.